The van der Waals surface area contributed by atoms with Crippen molar-refractivity contribution in [2.75, 3.05) is 0 Å². The fraction of sp³-hybridized carbons (Fsp3) is 0.167. The molecule has 0 unspecified atom stereocenters. The van der Waals surface area contributed by atoms with Gasteiger partial charge in [0.1, 0.15) is 21.9 Å². The Kier molecular flexibility index (Phi) is 3.14. The first-order valence-corrected chi connectivity index (χ1v) is 6.60. The Hall–Kier alpha value is -1.99. The summed E-state index contributed by atoms with van der Waals surface area (Å²) < 4.78 is 0. The fourth-order valence-electron chi connectivity index (χ4n) is 1.75. The molecule has 0 aromatic carbocycles. The summed E-state index contributed by atoms with van der Waals surface area (Å²) in [7, 11) is 0. The molecule has 3 heterocycles. The first kappa shape index (κ1) is 12.1. The van der Waals surface area contributed by atoms with Gasteiger partial charge in [-0.2, -0.15) is 0 Å². The summed E-state index contributed by atoms with van der Waals surface area (Å²) in [4.78, 5) is 19.9. The van der Waals surface area contributed by atoms with Crippen molar-refractivity contribution in [1.29, 1.82) is 0 Å². The summed E-state index contributed by atoms with van der Waals surface area (Å²) in [6, 6.07) is 3.79. The zero-order valence-electron chi connectivity index (χ0n) is 10.2. The molecule has 0 spiro atoms. The normalized spacial score (nSPS) is 12.7. The molecule has 0 saturated carbocycles. The van der Waals surface area contributed by atoms with Gasteiger partial charge in [0.05, 0.1) is 6.33 Å². The van der Waals surface area contributed by atoms with E-state index < -0.39 is 0 Å². The lowest BCUT2D eigenvalue weighted by atomic mass is 10.2. The van der Waals surface area contributed by atoms with E-state index in [1.165, 1.54) is 18.1 Å². The lowest BCUT2D eigenvalue weighted by molar-refractivity contribution is 0.779. The van der Waals surface area contributed by atoms with E-state index in [9.17, 15) is 0 Å². The lowest BCUT2D eigenvalue weighted by Gasteiger charge is -2.10. The molecule has 0 aliphatic rings. The van der Waals surface area contributed by atoms with Crippen LogP contribution >= 0.6 is 11.8 Å². The van der Waals surface area contributed by atoms with E-state index in [-0.39, 0.29) is 6.04 Å². The maximum absolute atomic E-state index is 5.95. The molecule has 0 bridgehead atoms. The topological polar surface area (TPSA) is 93.4 Å². The lowest BCUT2D eigenvalue weighted by Crippen LogP contribution is -2.07. The van der Waals surface area contributed by atoms with Crippen molar-refractivity contribution in [2.24, 2.45) is 5.73 Å². The Balaban J connectivity index is 2.04. The van der Waals surface area contributed by atoms with Crippen molar-refractivity contribution in [3.63, 3.8) is 0 Å². The quantitative estimate of drug-likeness (QED) is 0.707. The molecule has 0 fully saturated rings. The monoisotopic (exact) mass is 272 g/mol. The minimum absolute atomic E-state index is 0.0738. The van der Waals surface area contributed by atoms with Crippen molar-refractivity contribution in [3.8, 4) is 0 Å². The van der Waals surface area contributed by atoms with Crippen LogP contribution in [0.2, 0.25) is 0 Å². The smallest absolute Gasteiger partial charge is 0.181 e. The number of imidazole rings is 1. The summed E-state index contributed by atoms with van der Waals surface area (Å²) in [5.74, 6) is 0. The SMILES string of the molecule is C[C@@H](N)c1cccnc1Sc1ncnc2nc[nH]c12. The number of aromatic amines is 1. The minimum Gasteiger partial charge on any atom is -0.341 e. The maximum atomic E-state index is 5.95. The summed E-state index contributed by atoms with van der Waals surface area (Å²) >= 11 is 1.46. The van der Waals surface area contributed by atoms with Crippen LogP contribution in [-0.2, 0) is 0 Å². The van der Waals surface area contributed by atoms with Crippen molar-refractivity contribution < 1.29 is 0 Å². The van der Waals surface area contributed by atoms with Crippen LogP contribution in [0.3, 0.4) is 0 Å². The number of H-pyrrole nitrogens is 1. The van der Waals surface area contributed by atoms with Crippen LogP contribution < -0.4 is 5.73 Å². The van der Waals surface area contributed by atoms with Crippen molar-refractivity contribution in [1.82, 2.24) is 24.9 Å². The summed E-state index contributed by atoms with van der Waals surface area (Å²) in [6.45, 7) is 1.94. The van der Waals surface area contributed by atoms with Gasteiger partial charge in [0.15, 0.2) is 5.65 Å². The average Bonchev–Trinajstić information content (AvgIpc) is 2.88. The molecular formula is C12H12N6S. The number of hydrogen-bond donors (Lipinski definition) is 2. The van der Waals surface area contributed by atoms with Gasteiger partial charge in [0, 0.05) is 17.8 Å². The first-order chi connectivity index (χ1) is 9.25. The molecule has 3 aromatic rings. The number of nitrogens with zero attached hydrogens (tertiary/aromatic N) is 4. The second-order valence-electron chi connectivity index (χ2n) is 4.07. The van der Waals surface area contributed by atoms with Crippen molar-refractivity contribution in [2.45, 2.75) is 23.0 Å². The minimum atomic E-state index is -0.0738. The summed E-state index contributed by atoms with van der Waals surface area (Å²) in [5, 5.41) is 1.65. The van der Waals surface area contributed by atoms with E-state index in [0.29, 0.717) is 5.65 Å². The molecule has 96 valence electrons. The van der Waals surface area contributed by atoms with Gasteiger partial charge < -0.3 is 10.7 Å². The van der Waals surface area contributed by atoms with Crippen LogP contribution in [0.4, 0.5) is 0 Å². The Morgan fingerprint density at radius 1 is 1.21 bits per heavy atom. The van der Waals surface area contributed by atoms with Crippen molar-refractivity contribution in [3.05, 3.63) is 36.5 Å². The highest BCUT2D eigenvalue weighted by atomic mass is 32.2. The molecule has 0 radical (unpaired) electrons. The zero-order valence-corrected chi connectivity index (χ0v) is 11.1. The third kappa shape index (κ3) is 2.29. The highest BCUT2D eigenvalue weighted by Gasteiger charge is 2.13. The van der Waals surface area contributed by atoms with E-state index >= 15 is 0 Å². The van der Waals surface area contributed by atoms with Crippen LogP contribution in [0.15, 0.2) is 41.0 Å². The summed E-state index contributed by atoms with van der Waals surface area (Å²) in [6.07, 6.45) is 4.86. The van der Waals surface area contributed by atoms with E-state index in [4.69, 9.17) is 5.73 Å². The molecule has 19 heavy (non-hydrogen) atoms. The first-order valence-electron chi connectivity index (χ1n) is 5.78. The molecule has 3 N–H and O–H groups in total. The third-order valence-corrected chi connectivity index (χ3v) is 3.71. The molecule has 1 atom stereocenters. The van der Waals surface area contributed by atoms with Gasteiger partial charge in [-0.1, -0.05) is 6.07 Å². The number of nitrogens with two attached hydrogens (primary N) is 1. The Bertz CT molecular complexity index is 708. The van der Waals surface area contributed by atoms with Gasteiger partial charge >= 0.3 is 0 Å². The van der Waals surface area contributed by atoms with E-state index in [0.717, 1.165) is 21.1 Å². The molecule has 6 nitrogen and oxygen atoms in total. The Labute approximate surface area is 113 Å². The van der Waals surface area contributed by atoms with Crippen molar-refractivity contribution >= 4 is 22.9 Å². The average molecular weight is 272 g/mol. The molecule has 0 aliphatic carbocycles. The third-order valence-electron chi connectivity index (χ3n) is 2.67. The van der Waals surface area contributed by atoms with Crippen LogP contribution in [-0.4, -0.2) is 24.9 Å². The van der Waals surface area contributed by atoms with Gasteiger partial charge in [-0.05, 0) is 24.8 Å². The van der Waals surface area contributed by atoms with Gasteiger partial charge in [-0.3, -0.25) is 0 Å². The number of rotatable bonds is 3. The van der Waals surface area contributed by atoms with Crippen LogP contribution in [0.25, 0.3) is 11.2 Å². The molecule has 3 aromatic heterocycles. The molecule has 0 amide bonds. The Morgan fingerprint density at radius 2 is 2.11 bits per heavy atom. The highest BCUT2D eigenvalue weighted by molar-refractivity contribution is 7.99. The highest BCUT2D eigenvalue weighted by Crippen LogP contribution is 2.32. The molecular weight excluding hydrogens is 260 g/mol. The second kappa shape index (κ2) is 4.94. The fourth-order valence-corrected chi connectivity index (χ4v) is 2.77. The summed E-state index contributed by atoms with van der Waals surface area (Å²) in [5.41, 5.74) is 8.42. The predicted octanol–water partition coefficient (Wildman–Crippen LogP) is 1.92. The molecule has 3 rings (SSSR count). The number of hydrogen-bond acceptors (Lipinski definition) is 6. The molecule has 7 heteroatoms. The van der Waals surface area contributed by atoms with E-state index in [1.54, 1.807) is 12.5 Å². The predicted molar refractivity (Wildman–Crippen MR) is 72.6 cm³/mol. The van der Waals surface area contributed by atoms with Gasteiger partial charge in [0.25, 0.3) is 0 Å². The van der Waals surface area contributed by atoms with Crippen LogP contribution in [0, 0.1) is 0 Å². The van der Waals surface area contributed by atoms with Gasteiger partial charge in [-0.25, -0.2) is 19.9 Å². The van der Waals surface area contributed by atoms with Crippen LogP contribution in [0.5, 0.6) is 0 Å². The second-order valence-corrected chi connectivity index (χ2v) is 5.05. The van der Waals surface area contributed by atoms with E-state index in [2.05, 4.69) is 24.9 Å². The Morgan fingerprint density at radius 3 is 2.95 bits per heavy atom. The number of pyridine rings is 1. The zero-order chi connectivity index (χ0) is 13.2. The number of nitrogens with one attached hydrogen (secondary N) is 1. The maximum Gasteiger partial charge on any atom is 0.181 e. The van der Waals surface area contributed by atoms with Gasteiger partial charge in [-0.15, -0.1) is 0 Å². The van der Waals surface area contributed by atoms with Crippen LogP contribution in [0.1, 0.15) is 18.5 Å². The standard InChI is InChI=1S/C12H12N6S/c1-7(13)8-3-2-4-14-11(8)19-12-9-10(16-5-15-9)17-6-18-12/h2-7H,13H2,1H3,(H,15,16,17,18)/t7-/m1/s1. The largest absolute Gasteiger partial charge is 0.341 e. The molecule has 0 aliphatic heterocycles. The van der Waals surface area contributed by atoms with E-state index in [1.807, 2.05) is 19.1 Å². The molecule has 0 saturated heterocycles. The van der Waals surface area contributed by atoms with Gasteiger partial charge in [0.2, 0.25) is 0 Å². The number of aromatic nitrogens is 5. The number of fused-ring (bicyclic) bond motifs is 1.